The smallest absolute Gasteiger partial charge is 0.271 e. The van der Waals surface area contributed by atoms with E-state index in [-0.39, 0.29) is 11.3 Å². The van der Waals surface area contributed by atoms with E-state index in [1.165, 1.54) is 36.5 Å². The van der Waals surface area contributed by atoms with Gasteiger partial charge < -0.3 is 5.11 Å². The van der Waals surface area contributed by atoms with E-state index in [1.54, 1.807) is 0 Å². The van der Waals surface area contributed by atoms with Gasteiger partial charge in [0.25, 0.3) is 5.91 Å². The normalized spacial score (nSPS) is 10.7. The fourth-order valence-corrected chi connectivity index (χ4v) is 1.47. The SMILES string of the molecule is O=C(N/N=C\c1ccc(F)c(F)c1)c1cccc(O)c1. The molecular weight excluding hydrogens is 266 g/mol. The number of nitrogens with zero attached hydrogens (tertiary/aromatic N) is 1. The number of hydrazone groups is 1. The van der Waals surface area contributed by atoms with Crippen LogP contribution in [0, 0.1) is 11.6 Å². The van der Waals surface area contributed by atoms with Gasteiger partial charge in [-0.15, -0.1) is 0 Å². The van der Waals surface area contributed by atoms with E-state index in [9.17, 15) is 18.7 Å². The van der Waals surface area contributed by atoms with Gasteiger partial charge >= 0.3 is 0 Å². The standard InChI is InChI=1S/C14H10F2N2O2/c15-12-5-4-9(6-13(12)16)8-17-18-14(20)10-2-1-3-11(19)7-10/h1-8,19H,(H,18,20)/b17-8-. The number of carbonyl (C=O) groups excluding carboxylic acids is 1. The minimum absolute atomic E-state index is 0.0396. The Hall–Kier alpha value is -2.76. The van der Waals surface area contributed by atoms with Crippen LogP contribution in [0.3, 0.4) is 0 Å². The van der Waals surface area contributed by atoms with Crippen molar-refractivity contribution < 1.29 is 18.7 Å². The molecule has 4 nitrogen and oxygen atoms in total. The third-order valence-electron chi connectivity index (χ3n) is 2.43. The molecule has 2 rings (SSSR count). The molecule has 0 saturated heterocycles. The molecule has 0 atom stereocenters. The van der Waals surface area contributed by atoms with Crippen LogP contribution in [0.4, 0.5) is 8.78 Å². The van der Waals surface area contributed by atoms with Crippen LogP contribution in [0.25, 0.3) is 0 Å². The van der Waals surface area contributed by atoms with Gasteiger partial charge in [-0.25, -0.2) is 14.2 Å². The summed E-state index contributed by atoms with van der Waals surface area (Å²) in [6, 6.07) is 8.98. The molecule has 6 heteroatoms. The Morgan fingerprint density at radius 3 is 2.65 bits per heavy atom. The summed E-state index contributed by atoms with van der Waals surface area (Å²) in [6.07, 6.45) is 1.18. The predicted molar refractivity (Wildman–Crippen MR) is 69.5 cm³/mol. The number of hydrogen-bond acceptors (Lipinski definition) is 3. The van der Waals surface area contributed by atoms with Crippen LogP contribution in [-0.4, -0.2) is 17.2 Å². The molecule has 20 heavy (non-hydrogen) atoms. The van der Waals surface area contributed by atoms with Gasteiger partial charge in [0.1, 0.15) is 5.75 Å². The highest BCUT2D eigenvalue weighted by atomic mass is 19.2. The lowest BCUT2D eigenvalue weighted by Gasteiger charge is -2.00. The minimum Gasteiger partial charge on any atom is -0.508 e. The lowest BCUT2D eigenvalue weighted by Crippen LogP contribution is -2.17. The molecule has 0 heterocycles. The van der Waals surface area contributed by atoms with Crippen molar-refractivity contribution in [1.29, 1.82) is 0 Å². The van der Waals surface area contributed by atoms with Gasteiger partial charge in [0.2, 0.25) is 0 Å². The van der Waals surface area contributed by atoms with E-state index in [0.717, 1.165) is 12.1 Å². The number of benzene rings is 2. The molecule has 2 aromatic rings. The fourth-order valence-electron chi connectivity index (χ4n) is 1.47. The summed E-state index contributed by atoms with van der Waals surface area (Å²) in [5.41, 5.74) is 2.75. The van der Waals surface area contributed by atoms with Gasteiger partial charge in [0, 0.05) is 5.56 Å². The molecular formula is C14H10F2N2O2. The first kappa shape index (κ1) is 13.7. The van der Waals surface area contributed by atoms with Crippen molar-refractivity contribution in [2.45, 2.75) is 0 Å². The largest absolute Gasteiger partial charge is 0.508 e. The third-order valence-corrected chi connectivity index (χ3v) is 2.43. The first-order valence-electron chi connectivity index (χ1n) is 5.64. The highest BCUT2D eigenvalue weighted by molar-refractivity contribution is 5.95. The summed E-state index contributed by atoms with van der Waals surface area (Å²) < 4.78 is 25.6. The van der Waals surface area contributed by atoms with E-state index in [1.807, 2.05) is 0 Å². The molecule has 0 aliphatic heterocycles. The molecule has 0 spiro atoms. The van der Waals surface area contributed by atoms with Crippen molar-refractivity contribution in [2.24, 2.45) is 5.10 Å². The summed E-state index contributed by atoms with van der Waals surface area (Å²) in [7, 11) is 0. The average Bonchev–Trinajstić information content (AvgIpc) is 2.42. The van der Waals surface area contributed by atoms with Gasteiger partial charge in [0.15, 0.2) is 11.6 Å². The van der Waals surface area contributed by atoms with Gasteiger partial charge in [-0.2, -0.15) is 5.10 Å². The third kappa shape index (κ3) is 3.38. The zero-order valence-corrected chi connectivity index (χ0v) is 10.2. The number of rotatable bonds is 3. The molecule has 2 aromatic carbocycles. The van der Waals surface area contributed by atoms with E-state index >= 15 is 0 Å². The lowest BCUT2D eigenvalue weighted by atomic mass is 10.2. The van der Waals surface area contributed by atoms with Crippen LogP contribution in [0.2, 0.25) is 0 Å². The molecule has 0 bridgehead atoms. The fraction of sp³-hybridized carbons (Fsp3) is 0. The maximum Gasteiger partial charge on any atom is 0.271 e. The zero-order valence-electron chi connectivity index (χ0n) is 10.2. The minimum atomic E-state index is -0.992. The summed E-state index contributed by atoms with van der Waals surface area (Å²) in [5.74, 6) is -2.51. The Kier molecular flexibility index (Phi) is 4.05. The second-order valence-corrected chi connectivity index (χ2v) is 3.92. The van der Waals surface area contributed by atoms with Gasteiger partial charge in [-0.1, -0.05) is 12.1 Å². The quantitative estimate of drug-likeness (QED) is 0.668. The number of amides is 1. The Balaban J connectivity index is 2.02. The van der Waals surface area contributed by atoms with Gasteiger partial charge in [-0.05, 0) is 35.9 Å². The van der Waals surface area contributed by atoms with Crippen LogP contribution in [0.1, 0.15) is 15.9 Å². The second-order valence-electron chi connectivity index (χ2n) is 3.92. The highest BCUT2D eigenvalue weighted by Gasteiger charge is 2.04. The summed E-state index contributed by atoms with van der Waals surface area (Å²) >= 11 is 0. The number of hydrogen-bond donors (Lipinski definition) is 2. The van der Waals surface area contributed by atoms with Crippen molar-refractivity contribution in [3.05, 3.63) is 65.2 Å². The van der Waals surface area contributed by atoms with E-state index in [2.05, 4.69) is 10.5 Å². The maximum absolute atomic E-state index is 12.9. The van der Waals surface area contributed by atoms with Crippen LogP contribution in [0.15, 0.2) is 47.6 Å². The van der Waals surface area contributed by atoms with Crippen molar-refractivity contribution in [1.82, 2.24) is 5.43 Å². The lowest BCUT2D eigenvalue weighted by molar-refractivity contribution is 0.0954. The summed E-state index contributed by atoms with van der Waals surface area (Å²) in [5, 5.41) is 12.8. The number of nitrogens with one attached hydrogen (secondary N) is 1. The van der Waals surface area contributed by atoms with E-state index < -0.39 is 17.5 Å². The topological polar surface area (TPSA) is 61.7 Å². The van der Waals surface area contributed by atoms with Crippen molar-refractivity contribution in [3.63, 3.8) is 0 Å². The molecule has 0 radical (unpaired) electrons. The average molecular weight is 276 g/mol. The number of halogens is 2. The molecule has 102 valence electrons. The molecule has 0 aliphatic carbocycles. The Morgan fingerprint density at radius 2 is 1.95 bits per heavy atom. The molecule has 1 amide bonds. The summed E-state index contributed by atoms with van der Waals surface area (Å²) in [6.45, 7) is 0. The molecule has 0 saturated carbocycles. The molecule has 0 aliphatic rings. The number of phenolic OH excluding ortho intramolecular Hbond substituents is 1. The van der Waals surface area contributed by atoms with Crippen LogP contribution in [-0.2, 0) is 0 Å². The Bertz CT molecular complexity index is 672. The van der Waals surface area contributed by atoms with E-state index in [0.29, 0.717) is 5.56 Å². The summed E-state index contributed by atoms with van der Waals surface area (Å²) in [4.78, 5) is 11.6. The van der Waals surface area contributed by atoms with Crippen molar-refractivity contribution >= 4 is 12.1 Å². The van der Waals surface area contributed by atoms with Crippen molar-refractivity contribution in [3.8, 4) is 5.75 Å². The predicted octanol–water partition coefficient (Wildman–Crippen LogP) is 2.43. The van der Waals surface area contributed by atoms with E-state index in [4.69, 9.17) is 0 Å². The molecule has 2 N–H and O–H groups in total. The first-order valence-corrected chi connectivity index (χ1v) is 5.64. The molecule has 0 aromatic heterocycles. The first-order chi connectivity index (χ1) is 9.56. The van der Waals surface area contributed by atoms with Gasteiger partial charge in [-0.3, -0.25) is 4.79 Å². The Morgan fingerprint density at radius 1 is 1.15 bits per heavy atom. The van der Waals surface area contributed by atoms with Crippen LogP contribution in [0.5, 0.6) is 5.75 Å². The van der Waals surface area contributed by atoms with Crippen molar-refractivity contribution in [2.75, 3.05) is 0 Å². The maximum atomic E-state index is 12.9. The van der Waals surface area contributed by atoms with Crippen LogP contribution < -0.4 is 5.43 Å². The second kappa shape index (κ2) is 5.92. The highest BCUT2D eigenvalue weighted by Crippen LogP contribution is 2.10. The molecule has 0 fully saturated rings. The Labute approximate surface area is 113 Å². The monoisotopic (exact) mass is 276 g/mol. The van der Waals surface area contributed by atoms with Gasteiger partial charge in [0.05, 0.1) is 6.21 Å². The number of aromatic hydroxyl groups is 1. The molecule has 0 unspecified atom stereocenters. The number of carbonyl (C=O) groups is 1. The van der Waals surface area contributed by atoms with Crippen LogP contribution >= 0.6 is 0 Å². The number of phenols is 1. The zero-order chi connectivity index (χ0) is 14.5.